The maximum Gasteiger partial charge on any atom is 0.472 e. The molecular formula is C80H158NO8P. The molecule has 0 amide bonds. The molecule has 3 N–H and O–H groups in total. The topological polar surface area (TPSA) is 134 Å². The molecule has 10 heteroatoms. The van der Waals surface area contributed by atoms with Crippen LogP contribution in [-0.2, 0) is 32.7 Å². The minimum absolute atomic E-state index is 0.0584. The molecule has 90 heavy (non-hydrogen) atoms. The van der Waals surface area contributed by atoms with Crippen LogP contribution in [0.2, 0.25) is 0 Å². The van der Waals surface area contributed by atoms with Gasteiger partial charge in [-0.15, -0.1) is 0 Å². The third-order valence-corrected chi connectivity index (χ3v) is 19.9. The van der Waals surface area contributed by atoms with E-state index in [1.54, 1.807) is 0 Å². The van der Waals surface area contributed by atoms with E-state index in [1.807, 2.05) is 0 Å². The Kier molecular flexibility index (Phi) is 75.7. The number of esters is 2. The molecule has 2 unspecified atom stereocenters. The SMILES string of the molecule is CCCCCCCCCC/C=C\CCCCCCCCCCCCCCCCCCCCCCCCCCCCCCCC(=O)OC(COC(=O)CCCCCCCCCCCCCCCCCCCCCCCCCCCCCC)COP(=O)(O)OCCN. The van der Waals surface area contributed by atoms with Crippen molar-refractivity contribution in [1.29, 1.82) is 0 Å². The van der Waals surface area contributed by atoms with Crippen LogP contribution in [-0.4, -0.2) is 49.3 Å². The van der Waals surface area contributed by atoms with E-state index in [0.29, 0.717) is 6.42 Å². The van der Waals surface area contributed by atoms with E-state index in [9.17, 15) is 19.0 Å². The highest BCUT2D eigenvalue weighted by Gasteiger charge is 2.26. The maximum absolute atomic E-state index is 12.8. The molecule has 0 aliphatic heterocycles. The summed E-state index contributed by atoms with van der Waals surface area (Å²) < 4.78 is 33.3. The van der Waals surface area contributed by atoms with Crippen LogP contribution in [0.5, 0.6) is 0 Å². The lowest BCUT2D eigenvalue weighted by molar-refractivity contribution is -0.161. The van der Waals surface area contributed by atoms with Crippen molar-refractivity contribution in [2.45, 2.75) is 463 Å². The van der Waals surface area contributed by atoms with Gasteiger partial charge in [0.2, 0.25) is 0 Å². The van der Waals surface area contributed by atoms with E-state index in [4.69, 9.17) is 24.3 Å². The number of allylic oxidation sites excluding steroid dienone is 2. The van der Waals surface area contributed by atoms with Gasteiger partial charge in [-0.25, -0.2) is 4.57 Å². The molecule has 0 aromatic carbocycles. The first kappa shape index (κ1) is 88.8. The van der Waals surface area contributed by atoms with Crippen LogP contribution >= 0.6 is 7.82 Å². The number of hydrogen-bond donors (Lipinski definition) is 2. The zero-order chi connectivity index (χ0) is 65.1. The molecule has 0 radical (unpaired) electrons. The molecule has 0 rings (SSSR count). The first-order chi connectivity index (χ1) is 44.3. The van der Waals surface area contributed by atoms with Crippen molar-refractivity contribution in [3.05, 3.63) is 12.2 Å². The van der Waals surface area contributed by atoms with E-state index in [-0.39, 0.29) is 38.6 Å². The smallest absolute Gasteiger partial charge is 0.462 e. The Labute approximate surface area is 561 Å². The number of ether oxygens (including phenoxy) is 2. The first-order valence-corrected chi connectivity index (χ1v) is 42.2. The Bertz CT molecular complexity index is 1480. The van der Waals surface area contributed by atoms with Gasteiger partial charge < -0.3 is 20.1 Å². The molecule has 0 fully saturated rings. The second-order valence-electron chi connectivity index (χ2n) is 28.0. The van der Waals surface area contributed by atoms with Crippen molar-refractivity contribution in [3.8, 4) is 0 Å². The zero-order valence-electron chi connectivity index (χ0n) is 60.7. The number of carbonyl (C=O) groups excluding carboxylic acids is 2. The number of unbranched alkanes of at least 4 members (excludes halogenated alkanes) is 64. The number of nitrogens with two attached hydrogens (primary N) is 1. The third kappa shape index (κ3) is 75.8. The third-order valence-electron chi connectivity index (χ3n) is 18.9. The largest absolute Gasteiger partial charge is 0.472 e. The average molecular weight is 1290 g/mol. The van der Waals surface area contributed by atoms with Gasteiger partial charge in [-0.1, -0.05) is 418 Å². The van der Waals surface area contributed by atoms with E-state index < -0.39 is 26.5 Å². The quantitative estimate of drug-likeness (QED) is 0.0264. The van der Waals surface area contributed by atoms with Gasteiger partial charge in [0.25, 0.3) is 0 Å². The minimum Gasteiger partial charge on any atom is -0.462 e. The Morgan fingerprint density at radius 2 is 0.544 bits per heavy atom. The summed E-state index contributed by atoms with van der Waals surface area (Å²) >= 11 is 0. The molecule has 0 aromatic rings. The van der Waals surface area contributed by atoms with Crippen LogP contribution in [0.3, 0.4) is 0 Å². The molecule has 0 aliphatic rings. The number of hydrogen-bond acceptors (Lipinski definition) is 8. The lowest BCUT2D eigenvalue weighted by atomic mass is 10.0. The van der Waals surface area contributed by atoms with Crippen LogP contribution in [0.15, 0.2) is 12.2 Å². The fourth-order valence-electron chi connectivity index (χ4n) is 12.9. The van der Waals surface area contributed by atoms with Gasteiger partial charge in [-0.3, -0.25) is 18.6 Å². The van der Waals surface area contributed by atoms with Crippen LogP contribution in [0, 0.1) is 0 Å². The molecule has 0 saturated heterocycles. The summed E-state index contributed by atoms with van der Waals surface area (Å²) in [6.07, 6.45) is 95.2. The number of phosphoric ester groups is 1. The monoisotopic (exact) mass is 1290 g/mol. The van der Waals surface area contributed by atoms with Gasteiger partial charge in [-0.2, -0.15) is 0 Å². The number of rotatable bonds is 79. The van der Waals surface area contributed by atoms with Gasteiger partial charge in [0.1, 0.15) is 6.61 Å². The van der Waals surface area contributed by atoms with Crippen LogP contribution in [0.1, 0.15) is 457 Å². The van der Waals surface area contributed by atoms with Gasteiger partial charge in [0.15, 0.2) is 6.10 Å². The molecule has 0 saturated carbocycles. The standard InChI is InChI=1S/C80H158NO8P/c1-3-5-7-9-11-13-15-17-19-21-23-25-27-29-31-33-34-35-36-37-38-39-40-41-42-43-44-45-47-49-51-53-55-57-59-61-63-65-67-69-71-73-80(83)89-78(77-88-90(84,85)87-75-74-81)76-86-79(82)72-70-68-66-64-62-60-58-56-54-52-50-48-46-32-30-28-26-24-22-20-18-16-14-12-10-8-6-4-2/h21,23,78H,3-20,22,24-77,81H2,1-2H3,(H,84,85)/b23-21-. The first-order valence-electron chi connectivity index (χ1n) is 40.7. The fraction of sp³-hybridized carbons (Fsp3) is 0.950. The molecule has 0 bridgehead atoms. The Morgan fingerprint density at radius 1 is 0.322 bits per heavy atom. The van der Waals surface area contributed by atoms with Crippen molar-refractivity contribution >= 4 is 19.8 Å². The molecule has 0 aromatic heterocycles. The average Bonchev–Trinajstić information content (AvgIpc) is 3.68. The number of carbonyl (C=O) groups is 2. The van der Waals surface area contributed by atoms with Crippen molar-refractivity contribution in [3.63, 3.8) is 0 Å². The summed E-state index contributed by atoms with van der Waals surface area (Å²) in [5, 5.41) is 0. The maximum atomic E-state index is 12.8. The van der Waals surface area contributed by atoms with Crippen LogP contribution in [0.4, 0.5) is 0 Å². The van der Waals surface area contributed by atoms with Crippen molar-refractivity contribution < 1.29 is 37.6 Å². The Hall–Kier alpha value is -1.25. The minimum atomic E-state index is -4.39. The fourth-order valence-corrected chi connectivity index (χ4v) is 13.6. The Balaban J connectivity index is 3.70. The Morgan fingerprint density at radius 3 is 0.789 bits per heavy atom. The normalized spacial score (nSPS) is 12.8. The molecule has 536 valence electrons. The summed E-state index contributed by atoms with van der Waals surface area (Å²) in [4.78, 5) is 35.4. The van der Waals surface area contributed by atoms with Crippen molar-refractivity contribution in [1.82, 2.24) is 0 Å². The zero-order valence-corrected chi connectivity index (χ0v) is 61.6. The highest BCUT2D eigenvalue weighted by atomic mass is 31.2. The molecule has 0 spiro atoms. The van der Waals surface area contributed by atoms with Gasteiger partial charge in [0.05, 0.1) is 13.2 Å². The van der Waals surface area contributed by atoms with Gasteiger partial charge >= 0.3 is 19.8 Å². The molecule has 2 atom stereocenters. The van der Waals surface area contributed by atoms with Crippen molar-refractivity contribution in [2.75, 3.05) is 26.4 Å². The van der Waals surface area contributed by atoms with Crippen LogP contribution < -0.4 is 5.73 Å². The molecule has 0 heterocycles. The summed E-state index contributed by atoms with van der Waals surface area (Å²) in [6, 6.07) is 0. The molecule has 9 nitrogen and oxygen atoms in total. The van der Waals surface area contributed by atoms with Gasteiger partial charge in [-0.05, 0) is 38.5 Å². The lowest BCUT2D eigenvalue weighted by Crippen LogP contribution is -2.29. The van der Waals surface area contributed by atoms with Crippen LogP contribution in [0.25, 0.3) is 0 Å². The summed E-state index contributed by atoms with van der Waals surface area (Å²) in [6.45, 7) is 3.85. The predicted molar refractivity (Wildman–Crippen MR) is 391 cm³/mol. The van der Waals surface area contributed by atoms with E-state index in [0.717, 1.165) is 32.1 Å². The highest BCUT2D eigenvalue weighted by Crippen LogP contribution is 2.43. The van der Waals surface area contributed by atoms with Crippen molar-refractivity contribution in [2.24, 2.45) is 5.73 Å². The second-order valence-corrected chi connectivity index (χ2v) is 29.5. The van der Waals surface area contributed by atoms with E-state index >= 15 is 0 Å². The molecule has 0 aliphatic carbocycles. The van der Waals surface area contributed by atoms with Gasteiger partial charge in [0, 0.05) is 19.4 Å². The molecular weight excluding hydrogens is 1130 g/mol. The second kappa shape index (κ2) is 76.8. The number of phosphoric acid groups is 1. The summed E-state index contributed by atoms with van der Waals surface area (Å²) in [5.41, 5.74) is 5.42. The highest BCUT2D eigenvalue weighted by molar-refractivity contribution is 7.47. The van der Waals surface area contributed by atoms with E-state index in [1.165, 1.54) is 392 Å². The lowest BCUT2D eigenvalue weighted by Gasteiger charge is -2.19. The van der Waals surface area contributed by atoms with E-state index in [2.05, 4.69) is 26.0 Å². The predicted octanol–water partition coefficient (Wildman–Crippen LogP) is 27.0. The summed E-state index contributed by atoms with van der Waals surface area (Å²) in [5.74, 6) is -0.796. The summed E-state index contributed by atoms with van der Waals surface area (Å²) in [7, 11) is -4.39.